The Morgan fingerprint density at radius 1 is 1.17 bits per heavy atom. The summed E-state index contributed by atoms with van der Waals surface area (Å²) < 4.78 is 27.6. The van der Waals surface area contributed by atoms with Gasteiger partial charge in [0.1, 0.15) is 0 Å². The van der Waals surface area contributed by atoms with Crippen molar-refractivity contribution in [3.63, 3.8) is 0 Å². The van der Waals surface area contributed by atoms with Gasteiger partial charge < -0.3 is 5.32 Å². The lowest BCUT2D eigenvalue weighted by Gasteiger charge is -2.11. The van der Waals surface area contributed by atoms with Crippen molar-refractivity contribution in [2.75, 3.05) is 11.1 Å². The topological polar surface area (TPSA) is 75.3 Å². The smallest absolute Gasteiger partial charge is 0.240 e. The lowest BCUT2D eigenvalue weighted by atomic mass is 10.2. The molecule has 0 saturated heterocycles. The van der Waals surface area contributed by atoms with E-state index in [-0.39, 0.29) is 17.3 Å². The van der Waals surface area contributed by atoms with Crippen molar-refractivity contribution < 1.29 is 13.2 Å². The molecule has 2 aromatic rings. The Balaban J connectivity index is 1.79. The average molecular weight is 362 g/mol. The first-order valence-corrected chi connectivity index (χ1v) is 10.0. The number of nitrogens with one attached hydrogen (secondary N) is 2. The van der Waals surface area contributed by atoms with Gasteiger partial charge in [-0.1, -0.05) is 29.8 Å². The molecule has 0 aliphatic carbocycles. The molecule has 0 radical (unpaired) electrons. The molecule has 24 heavy (non-hydrogen) atoms. The molecule has 2 aromatic carbocycles. The van der Waals surface area contributed by atoms with Crippen LogP contribution in [-0.2, 0) is 21.4 Å². The van der Waals surface area contributed by atoms with Crippen LogP contribution in [0.25, 0.3) is 0 Å². The Labute approximate surface area is 145 Å². The van der Waals surface area contributed by atoms with Gasteiger partial charge in [-0.3, -0.25) is 4.79 Å². The summed E-state index contributed by atoms with van der Waals surface area (Å²) in [6.45, 7) is 2.21. The molecule has 0 atom stereocenters. The van der Waals surface area contributed by atoms with E-state index in [1.807, 2.05) is 31.2 Å². The van der Waals surface area contributed by atoms with Crippen molar-refractivity contribution in [3.8, 4) is 0 Å². The summed E-state index contributed by atoms with van der Waals surface area (Å²) >= 11 is 1.55. The summed E-state index contributed by atoms with van der Waals surface area (Å²) in [7, 11) is -3.64. The first kappa shape index (κ1) is 17.0. The average Bonchev–Trinajstić information content (AvgIpc) is 2.74. The first-order valence-electron chi connectivity index (χ1n) is 7.56. The van der Waals surface area contributed by atoms with Crippen LogP contribution in [0.1, 0.15) is 17.5 Å². The number of benzene rings is 2. The number of aryl methyl sites for hydroxylation is 1. The van der Waals surface area contributed by atoms with E-state index in [0.717, 1.165) is 16.0 Å². The molecule has 2 N–H and O–H groups in total. The highest BCUT2D eigenvalue weighted by molar-refractivity contribution is 7.99. The van der Waals surface area contributed by atoms with E-state index in [1.165, 1.54) is 6.07 Å². The maximum absolute atomic E-state index is 12.5. The van der Waals surface area contributed by atoms with Crippen molar-refractivity contribution in [1.29, 1.82) is 0 Å². The molecule has 7 heteroatoms. The molecule has 1 heterocycles. The second-order valence-corrected chi connectivity index (χ2v) is 8.52. The van der Waals surface area contributed by atoms with Gasteiger partial charge >= 0.3 is 0 Å². The molecule has 0 unspecified atom stereocenters. The number of carbonyl (C=O) groups excluding carboxylic acids is 1. The van der Waals surface area contributed by atoms with Gasteiger partial charge in [0.25, 0.3) is 0 Å². The van der Waals surface area contributed by atoms with E-state index in [4.69, 9.17) is 0 Å². The van der Waals surface area contributed by atoms with E-state index >= 15 is 0 Å². The first-order chi connectivity index (χ1) is 11.4. The fraction of sp³-hybridized carbons (Fsp3) is 0.235. The minimum absolute atomic E-state index is 0.0941. The predicted molar refractivity (Wildman–Crippen MR) is 95.6 cm³/mol. The lowest BCUT2D eigenvalue weighted by Crippen LogP contribution is -2.23. The second-order valence-electron chi connectivity index (χ2n) is 5.61. The van der Waals surface area contributed by atoms with Gasteiger partial charge in [0, 0.05) is 23.6 Å². The third-order valence-corrected chi connectivity index (χ3v) is 6.18. The number of carbonyl (C=O) groups is 1. The Hall–Kier alpha value is -1.83. The SMILES string of the molecule is Cc1ccc(CNS(=O)(=O)c2ccc3c(c2)NC(=O)CCS3)cc1. The number of rotatable bonds is 4. The van der Waals surface area contributed by atoms with Crippen LogP contribution in [0.4, 0.5) is 5.69 Å². The van der Waals surface area contributed by atoms with E-state index < -0.39 is 10.0 Å². The number of thioether (sulfide) groups is 1. The fourth-order valence-electron chi connectivity index (χ4n) is 2.33. The molecule has 0 fully saturated rings. The van der Waals surface area contributed by atoms with E-state index in [9.17, 15) is 13.2 Å². The largest absolute Gasteiger partial charge is 0.325 e. The molecule has 0 spiro atoms. The van der Waals surface area contributed by atoms with Crippen LogP contribution in [0.3, 0.4) is 0 Å². The van der Waals surface area contributed by atoms with Gasteiger partial charge in [-0.15, -0.1) is 11.8 Å². The van der Waals surface area contributed by atoms with Crippen molar-refractivity contribution in [1.82, 2.24) is 4.72 Å². The van der Waals surface area contributed by atoms with Gasteiger partial charge in [0.2, 0.25) is 15.9 Å². The Morgan fingerprint density at radius 2 is 1.92 bits per heavy atom. The second kappa shape index (κ2) is 6.96. The summed E-state index contributed by atoms with van der Waals surface area (Å²) in [5.41, 5.74) is 2.57. The summed E-state index contributed by atoms with van der Waals surface area (Å²) in [6.07, 6.45) is 0.424. The molecule has 1 aliphatic heterocycles. The molecule has 1 amide bonds. The van der Waals surface area contributed by atoms with Gasteiger partial charge in [-0.25, -0.2) is 13.1 Å². The highest BCUT2D eigenvalue weighted by Gasteiger charge is 2.19. The minimum atomic E-state index is -3.64. The van der Waals surface area contributed by atoms with Crippen LogP contribution in [0, 0.1) is 6.92 Å². The van der Waals surface area contributed by atoms with E-state index in [1.54, 1.807) is 23.9 Å². The lowest BCUT2D eigenvalue weighted by molar-refractivity contribution is -0.115. The summed E-state index contributed by atoms with van der Waals surface area (Å²) in [4.78, 5) is 12.7. The number of hydrogen-bond donors (Lipinski definition) is 2. The Morgan fingerprint density at radius 3 is 2.67 bits per heavy atom. The zero-order valence-electron chi connectivity index (χ0n) is 13.2. The van der Waals surface area contributed by atoms with Crippen molar-refractivity contribution in [2.24, 2.45) is 0 Å². The Bertz CT molecular complexity index is 862. The van der Waals surface area contributed by atoms with Crippen LogP contribution in [0.5, 0.6) is 0 Å². The van der Waals surface area contributed by atoms with Gasteiger partial charge in [-0.05, 0) is 30.7 Å². The number of sulfonamides is 1. The molecule has 3 rings (SSSR count). The molecule has 0 aromatic heterocycles. The number of hydrogen-bond acceptors (Lipinski definition) is 4. The van der Waals surface area contributed by atoms with Crippen molar-refractivity contribution >= 4 is 33.4 Å². The highest BCUT2D eigenvalue weighted by Crippen LogP contribution is 2.32. The molecule has 5 nitrogen and oxygen atoms in total. The Kier molecular flexibility index (Phi) is 4.93. The maximum Gasteiger partial charge on any atom is 0.240 e. The van der Waals surface area contributed by atoms with Gasteiger partial charge in [0.05, 0.1) is 10.6 Å². The standard InChI is InChI=1S/C17H18N2O3S2/c1-12-2-4-13(5-3-12)11-18-24(21,22)14-6-7-16-15(10-14)19-17(20)8-9-23-16/h2-7,10,18H,8-9,11H2,1H3,(H,19,20). The molecule has 0 bridgehead atoms. The molecule has 0 saturated carbocycles. The van der Waals surface area contributed by atoms with Gasteiger partial charge in [0.15, 0.2) is 0 Å². The molecule has 1 aliphatic rings. The third kappa shape index (κ3) is 3.98. The fourth-order valence-corrected chi connectivity index (χ4v) is 4.31. The molecular formula is C17H18N2O3S2. The number of fused-ring (bicyclic) bond motifs is 1. The maximum atomic E-state index is 12.5. The summed E-state index contributed by atoms with van der Waals surface area (Å²) in [5, 5.41) is 2.76. The third-order valence-electron chi connectivity index (χ3n) is 3.71. The number of amides is 1. The van der Waals surface area contributed by atoms with Crippen LogP contribution in [0.15, 0.2) is 52.3 Å². The van der Waals surface area contributed by atoms with Crippen molar-refractivity contribution in [3.05, 3.63) is 53.6 Å². The van der Waals surface area contributed by atoms with Crippen LogP contribution < -0.4 is 10.0 Å². The zero-order chi connectivity index (χ0) is 17.2. The molecule has 126 valence electrons. The van der Waals surface area contributed by atoms with E-state index in [2.05, 4.69) is 10.0 Å². The highest BCUT2D eigenvalue weighted by atomic mass is 32.2. The van der Waals surface area contributed by atoms with Crippen molar-refractivity contribution in [2.45, 2.75) is 29.7 Å². The predicted octanol–water partition coefficient (Wildman–Crippen LogP) is 2.91. The molecular weight excluding hydrogens is 344 g/mol. The normalized spacial score (nSPS) is 14.6. The quantitative estimate of drug-likeness (QED) is 0.877. The van der Waals surface area contributed by atoms with Crippen LogP contribution in [0.2, 0.25) is 0 Å². The minimum Gasteiger partial charge on any atom is -0.325 e. The summed E-state index contributed by atoms with van der Waals surface area (Å²) in [6, 6.07) is 12.5. The van der Waals surface area contributed by atoms with E-state index in [0.29, 0.717) is 17.9 Å². The number of anilines is 1. The van der Waals surface area contributed by atoms with Crippen LogP contribution in [-0.4, -0.2) is 20.1 Å². The van der Waals surface area contributed by atoms with Crippen LogP contribution >= 0.6 is 11.8 Å². The van der Waals surface area contributed by atoms with Gasteiger partial charge in [-0.2, -0.15) is 0 Å². The zero-order valence-corrected chi connectivity index (χ0v) is 14.8. The summed E-state index contributed by atoms with van der Waals surface area (Å²) in [5.74, 6) is 0.597. The monoisotopic (exact) mass is 362 g/mol.